The molecule has 1 aromatic carbocycles. The van der Waals surface area contributed by atoms with Crippen LogP contribution in [0.1, 0.15) is 18.4 Å². The Kier molecular flexibility index (Phi) is 5.36. The minimum Gasteiger partial charge on any atom is -0.337 e. The number of hydrogen-bond acceptors (Lipinski definition) is 3. The Balaban J connectivity index is 1.86. The summed E-state index contributed by atoms with van der Waals surface area (Å²) >= 11 is 0. The predicted molar refractivity (Wildman–Crippen MR) is 81.2 cm³/mol. The molecule has 0 saturated heterocycles. The van der Waals surface area contributed by atoms with Crippen LogP contribution in [-0.2, 0) is 16.6 Å². The van der Waals surface area contributed by atoms with E-state index in [1.807, 2.05) is 0 Å². The van der Waals surface area contributed by atoms with Crippen LogP contribution in [0.25, 0.3) is 0 Å². The van der Waals surface area contributed by atoms with Gasteiger partial charge in [-0.25, -0.2) is 17.6 Å². The summed E-state index contributed by atoms with van der Waals surface area (Å²) in [4.78, 5) is 11.5. The molecule has 1 aliphatic carbocycles. The van der Waals surface area contributed by atoms with Crippen molar-refractivity contribution >= 4 is 16.1 Å². The number of urea groups is 1. The van der Waals surface area contributed by atoms with E-state index in [1.165, 1.54) is 16.4 Å². The van der Waals surface area contributed by atoms with Crippen molar-refractivity contribution in [3.63, 3.8) is 0 Å². The molecule has 1 aromatic rings. The molecule has 0 aliphatic heterocycles. The predicted octanol–water partition coefficient (Wildman–Crippen LogP) is 1.05. The monoisotopic (exact) mass is 329 g/mol. The molecule has 22 heavy (non-hydrogen) atoms. The molecular formula is C14H20FN3O3S. The van der Waals surface area contributed by atoms with Crippen molar-refractivity contribution in [2.75, 3.05) is 19.3 Å². The Bertz CT molecular complexity index is 615. The number of halogens is 1. The van der Waals surface area contributed by atoms with Crippen LogP contribution < -0.4 is 10.6 Å². The lowest BCUT2D eigenvalue weighted by molar-refractivity contribution is 0.239. The largest absolute Gasteiger partial charge is 0.337 e. The minimum atomic E-state index is -3.41. The molecule has 0 heterocycles. The average molecular weight is 329 g/mol. The third-order valence-corrected chi connectivity index (χ3v) is 4.55. The molecule has 1 fully saturated rings. The van der Waals surface area contributed by atoms with Crippen molar-refractivity contribution in [1.82, 2.24) is 14.9 Å². The zero-order chi connectivity index (χ0) is 16.2. The first-order valence-electron chi connectivity index (χ1n) is 7.08. The second-order valence-electron chi connectivity index (χ2n) is 5.40. The van der Waals surface area contributed by atoms with E-state index in [2.05, 4.69) is 10.6 Å². The fourth-order valence-corrected chi connectivity index (χ4v) is 2.72. The summed E-state index contributed by atoms with van der Waals surface area (Å²) in [5.41, 5.74) is 0.689. The highest BCUT2D eigenvalue weighted by molar-refractivity contribution is 7.88. The van der Waals surface area contributed by atoms with Crippen molar-refractivity contribution in [1.29, 1.82) is 0 Å². The van der Waals surface area contributed by atoms with Gasteiger partial charge in [-0.2, -0.15) is 4.31 Å². The molecule has 2 N–H and O–H groups in total. The maximum atomic E-state index is 12.9. The molecule has 122 valence electrons. The second-order valence-corrected chi connectivity index (χ2v) is 7.38. The van der Waals surface area contributed by atoms with Gasteiger partial charge in [-0.15, -0.1) is 0 Å². The van der Waals surface area contributed by atoms with Crippen LogP contribution in [0.2, 0.25) is 0 Å². The number of carbonyl (C=O) groups is 1. The molecule has 0 atom stereocenters. The van der Waals surface area contributed by atoms with Gasteiger partial charge in [0.15, 0.2) is 0 Å². The van der Waals surface area contributed by atoms with Crippen LogP contribution in [0.3, 0.4) is 0 Å². The van der Waals surface area contributed by atoms with Gasteiger partial charge in [0.1, 0.15) is 5.82 Å². The Morgan fingerprint density at radius 1 is 1.32 bits per heavy atom. The van der Waals surface area contributed by atoms with Crippen molar-refractivity contribution in [3.05, 3.63) is 35.6 Å². The standard InChI is InChI=1S/C14H20FN3O3S/c1-22(20,21)18(10-11-2-4-12(15)5-3-11)9-8-16-14(19)17-13-6-7-13/h2-5,13H,6-10H2,1H3,(H2,16,17,19). The highest BCUT2D eigenvalue weighted by Crippen LogP contribution is 2.18. The Morgan fingerprint density at radius 2 is 1.95 bits per heavy atom. The van der Waals surface area contributed by atoms with E-state index in [-0.39, 0.29) is 37.5 Å². The van der Waals surface area contributed by atoms with E-state index in [0.29, 0.717) is 5.56 Å². The van der Waals surface area contributed by atoms with Crippen molar-refractivity contribution in [2.24, 2.45) is 0 Å². The number of nitrogens with one attached hydrogen (secondary N) is 2. The molecular weight excluding hydrogens is 309 g/mol. The highest BCUT2D eigenvalue weighted by Gasteiger charge is 2.23. The number of carbonyl (C=O) groups excluding carboxylic acids is 1. The van der Waals surface area contributed by atoms with Crippen molar-refractivity contribution in [3.8, 4) is 0 Å². The van der Waals surface area contributed by atoms with Gasteiger partial charge in [-0.1, -0.05) is 12.1 Å². The van der Waals surface area contributed by atoms with Gasteiger partial charge < -0.3 is 10.6 Å². The van der Waals surface area contributed by atoms with Gasteiger partial charge in [0.05, 0.1) is 6.26 Å². The molecule has 0 aromatic heterocycles. The molecule has 0 radical (unpaired) electrons. The summed E-state index contributed by atoms with van der Waals surface area (Å²) in [6.45, 7) is 0.520. The number of nitrogens with zero attached hydrogens (tertiary/aromatic N) is 1. The molecule has 8 heteroatoms. The lowest BCUT2D eigenvalue weighted by Gasteiger charge is -2.20. The summed E-state index contributed by atoms with van der Waals surface area (Å²) in [6.07, 6.45) is 3.10. The number of benzene rings is 1. The molecule has 2 rings (SSSR count). The van der Waals surface area contributed by atoms with E-state index in [9.17, 15) is 17.6 Å². The summed E-state index contributed by atoms with van der Waals surface area (Å²) in [5, 5.41) is 5.40. The number of hydrogen-bond donors (Lipinski definition) is 2. The van der Waals surface area contributed by atoms with Crippen LogP contribution in [0.4, 0.5) is 9.18 Å². The van der Waals surface area contributed by atoms with Crippen LogP contribution in [0.5, 0.6) is 0 Å². The van der Waals surface area contributed by atoms with Gasteiger partial charge in [-0.05, 0) is 30.5 Å². The van der Waals surface area contributed by atoms with E-state index in [1.54, 1.807) is 12.1 Å². The van der Waals surface area contributed by atoms with Gasteiger partial charge in [-0.3, -0.25) is 0 Å². The maximum Gasteiger partial charge on any atom is 0.315 e. The smallest absolute Gasteiger partial charge is 0.315 e. The van der Waals surface area contributed by atoms with E-state index in [0.717, 1.165) is 19.1 Å². The van der Waals surface area contributed by atoms with Gasteiger partial charge >= 0.3 is 6.03 Å². The highest BCUT2D eigenvalue weighted by atomic mass is 32.2. The third kappa shape index (κ3) is 5.61. The number of sulfonamides is 1. The fourth-order valence-electron chi connectivity index (χ4n) is 1.91. The van der Waals surface area contributed by atoms with Crippen LogP contribution >= 0.6 is 0 Å². The van der Waals surface area contributed by atoms with Crippen LogP contribution in [-0.4, -0.2) is 44.1 Å². The lowest BCUT2D eigenvalue weighted by Crippen LogP contribution is -2.42. The first-order chi connectivity index (χ1) is 10.3. The maximum absolute atomic E-state index is 12.9. The zero-order valence-electron chi connectivity index (χ0n) is 12.4. The normalized spacial score (nSPS) is 14.9. The third-order valence-electron chi connectivity index (χ3n) is 3.30. The zero-order valence-corrected chi connectivity index (χ0v) is 13.2. The number of amides is 2. The lowest BCUT2D eigenvalue weighted by atomic mass is 10.2. The Hall–Kier alpha value is -1.67. The quantitative estimate of drug-likeness (QED) is 0.785. The topological polar surface area (TPSA) is 78.5 Å². The molecule has 1 saturated carbocycles. The van der Waals surface area contributed by atoms with Crippen LogP contribution in [0, 0.1) is 5.82 Å². The first kappa shape index (κ1) is 16.7. The molecule has 0 bridgehead atoms. The first-order valence-corrected chi connectivity index (χ1v) is 8.93. The fraction of sp³-hybridized carbons (Fsp3) is 0.500. The molecule has 0 unspecified atom stereocenters. The Labute approximate surface area is 129 Å². The molecule has 6 nitrogen and oxygen atoms in total. The number of rotatable bonds is 7. The summed E-state index contributed by atoms with van der Waals surface area (Å²) in [7, 11) is -3.41. The minimum absolute atomic E-state index is 0.144. The van der Waals surface area contributed by atoms with Gasteiger partial charge in [0.25, 0.3) is 0 Å². The molecule has 0 spiro atoms. The van der Waals surface area contributed by atoms with Crippen molar-refractivity contribution < 1.29 is 17.6 Å². The summed E-state index contributed by atoms with van der Waals surface area (Å²) < 4.78 is 37.7. The second kappa shape index (κ2) is 7.06. The Morgan fingerprint density at radius 3 is 2.50 bits per heavy atom. The SMILES string of the molecule is CS(=O)(=O)N(CCNC(=O)NC1CC1)Cc1ccc(F)cc1. The van der Waals surface area contributed by atoms with Gasteiger partial charge in [0, 0.05) is 25.7 Å². The van der Waals surface area contributed by atoms with E-state index < -0.39 is 10.0 Å². The van der Waals surface area contributed by atoms with Gasteiger partial charge in [0.2, 0.25) is 10.0 Å². The summed E-state index contributed by atoms with van der Waals surface area (Å²) in [6, 6.07) is 5.64. The van der Waals surface area contributed by atoms with Crippen LogP contribution in [0.15, 0.2) is 24.3 Å². The average Bonchev–Trinajstić information content (AvgIpc) is 3.22. The summed E-state index contributed by atoms with van der Waals surface area (Å²) in [5.74, 6) is -0.368. The van der Waals surface area contributed by atoms with Crippen molar-refractivity contribution in [2.45, 2.75) is 25.4 Å². The molecule has 1 aliphatic rings. The van der Waals surface area contributed by atoms with E-state index in [4.69, 9.17) is 0 Å². The molecule has 2 amide bonds. The van der Waals surface area contributed by atoms with E-state index >= 15 is 0 Å².